The summed E-state index contributed by atoms with van der Waals surface area (Å²) in [6.07, 6.45) is 3.10. The van der Waals surface area contributed by atoms with E-state index in [4.69, 9.17) is 9.52 Å². The molecule has 0 saturated carbocycles. The number of benzene rings is 1. The Hall–Kier alpha value is -3.09. The molecular formula is C14H12N4O3. The van der Waals surface area contributed by atoms with Gasteiger partial charge >= 0.3 is 5.97 Å². The third-order valence-electron chi connectivity index (χ3n) is 2.93. The van der Waals surface area contributed by atoms with E-state index < -0.39 is 5.97 Å². The highest BCUT2D eigenvalue weighted by Gasteiger charge is 2.07. The normalized spacial score (nSPS) is 10.5. The maximum Gasteiger partial charge on any atom is 0.335 e. The van der Waals surface area contributed by atoms with Crippen LogP contribution in [0, 0.1) is 0 Å². The molecule has 0 aliphatic rings. The second kappa shape index (κ2) is 5.49. The SMILES string of the molecule is O=C(O)c1ccc(-c2ccc(CNn3cnnc3)o2)cc1. The molecule has 0 atom stereocenters. The number of nitrogens with one attached hydrogen (secondary N) is 1. The summed E-state index contributed by atoms with van der Waals surface area (Å²) in [7, 11) is 0. The van der Waals surface area contributed by atoms with Gasteiger partial charge in [-0.2, -0.15) is 0 Å². The Morgan fingerprint density at radius 2 is 1.86 bits per heavy atom. The number of carboxylic acids is 1. The van der Waals surface area contributed by atoms with Gasteiger partial charge in [0.25, 0.3) is 0 Å². The monoisotopic (exact) mass is 284 g/mol. The molecule has 21 heavy (non-hydrogen) atoms. The summed E-state index contributed by atoms with van der Waals surface area (Å²) < 4.78 is 7.33. The molecule has 7 heteroatoms. The maximum atomic E-state index is 10.8. The smallest absolute Gasteiger partial charge is 0.335 e. The number of carbonyl (C=O) groups is 1. The van der Waals surface area contributed by atoms with E-state index in [0.29, 0.717) is 12.3 Å². The second-order valence-electron chi connectivity index (χ2n) is 4.35. The van der Waals surface area contributed by atoms with Crippen molar-refractivity contribution in [1.82, 2.24) is 14.9 Å². The number of furan rings is 1. The summed E-state index contributed by atoms with van der Waals surface area (Å²) in [4.78, 5) is 10.8. The van der Waals surface area contributed by atoms with E-state index in [1.165, 1.54) is 0 Å². The van der Waals surface area contributed by atoms with Crippen molar-refractivity contribution in [2.45, 2.75) is 6.54 Å². The van der Waals surface area contributed by atoms with Crippen molar-refractivity contribution < 1.29 is 14.3 Å². The standard InChI is InChI=1S/C14H12N4O3/c19-14(20)11-3-1-10(2-4-11)13-6-5-12(21-13)7-17-18-8-15-16-9-18/h1-6,8-9,17H,7H2,(H,19,20). The minimum atomic E-state index is -0.945. The molecule has 0 spiro atoms. The lowest BCUT2D eigenvalue weighted by Crippen LogP contribution is -2.11. The van der Waals surface area contributed by atoms with E-state index in [1.807, 2.05) is 12.1 Å². The largest absolute Gasteiger partial charge is 0.478 e. The zero-order valence-electron chi connectivity index (χ0n) is 10.9. The number of carboxylic acid groups (broad SMARTS) is 1. The van der Waals surface area contributed by atoms with Gasteiger partial charge in [-0.15, -0.1) is 10.2 Å². The van der Waals surface area contributed by atoms with Gasteiger partial charge in [-0.05, 0) is 24.3 Å². The Labute approximate surface area is 119 Å². The fraction of sp³-hybridized carbons (Fsp3) is 0.0714. The predicted molar refractivity (Wildman–Crippen MR) is 74.2 cm³/mol. The average Bonchev–Trinajstić information content (AvgIpc) is 3.17. The lowest BCUT2D eigenvalue weighted by molar-refractivity contribution is 0.0697. The van der Waals surface area contributed by atoms with Crippen molar-refractivity contribution >= 4 is 5.97 Å². The number of hydrogen-bond donors (Lipinski definition) is 2. The Kier molecular flexibility index (Phi) is 3.38. The molecule has 1 aromatic carbocycles. The number of hydrogen-bond acceptors (Lipinski definition) is 5. The predicted octanol–water partition coefficient (Wildman–Crippen LogP) is 1.98. The first-order valence-electron chi connectivity index (χ1n) is 6.23. The van der Waals surface area contributed by atoms with Crippen LogP contribution in [-0.2, 0) is 6.54 Å². The van der Waals surface area contributed by atoms with Crippen LogP contribution in [0.1, 0.15) is 16.1 Å². The fourth-order valence-electron chi connectivity index (χ4n) is 1.86. The summed E-state index contributed by atoms with van der Waals surface area (Å²) in [5, 5.41) is 16.2. The van der Waals surface area contributed by atoms with E-state index in [1.54, 1.807) is 41.6 Å². The van der Waals surface area contributed by atoms with Crippen LogP contribution in [0.15, 0.2) is 53.5 Å². The third kappa shape index (κ3) is 2.92. The van der Waals surface area contributed by atoms with Crippen molar-refractivity contribution in [3.05, 3.63) is 60.4 Å². The van der Waals surface area contributed by atoms with Gasteiger partial charge in [-0.1, -0.05) is 12.1 Å². The fourth-order valence-corrected chi connectivity index (χ4v) is 1.86. The van der Waals surface area contributed by atoms with E-state index >= 15 is 0 Å². The van der Waals surface area contributed by atoms with Crippen LogP contribution in [0.3, 0.4) is 0 Å². The summed E-state index contributed by atoms with van der Waals surface area (Å²) >= 11 is 0. The number of rotatable bonds is 5. The van der Waals surface area contributed by atoms with Crippen LogP contribution in [0.25, 0.3) is 11.3 Å². The Morgan fingerprint density at radius 1 is 1.14 bits per heavy atom. The molecule has 0 fully saturated rings. The maximum absolute atomic E-state index is 10.8. The van der Waals surface area contributed by atoms with Crippen LogP contribution in [0.5, 0.6) is 0 Å². The van der Waals surface area contributed by atoms with Crippen LogP contribution >= 0.6 is 0 Å². The summed E-state index contributed by atoms with van der Waals surface area (Å²) in [6.45, 7) is 0.491. The summed E-state index contributed by atoms with van der Waals surface area (Å²) in [5.41, 5.74) is 4.13. The zero-order chi connectivity index (χ0) is 14.7. The quantitative estimate of drug-likeness (QED) is 0.744. The molecule has 2 heterocycles. The van der Waals surface area contributed by atoms with Gasteiger partial charge in [-0.3, -0.25) is 0 Å². The minimum Gasteiger partial charge on any atom is -0.478 e. The zero-order valence-corrected chi connectivity index (χ0v) is 10.9. The molecule has 0 aliphatic carbocycles. The third-order valence-corrected chi connectivity index (χ3v) is 2.93. The van der Waals surface area contributed by atoms with Crippen molar-refractivity contribution in [2.24, 2.45) is 0 Å². The minimum absolute atomic E-state index is 0.250. The highest BCUT2D eigenvalue weighted by Crippen LogP contribution is 2.22. The van der Waals surface area contributed by atoms with Gasteiger partial charge in [0, 0.05) is 5.56 Å². The van der Waals surface area contributed by atoms with Gasteiger partial charge in [-0.25, -0.2) is 9.47 Å². The molecule has 2 N–H and O–H groups in total. The van der Waals surface area contributed by atoms with E-state index in [2.05, 4.69) is 15.6 Å². The first-order valence-corrected chi connectivity index (χ1v) is 6.23. The van der Waals surface area contributed by atoms with E-state index in [0.717, 1.165) is 11.3 Å². The Balaban J connectivity index is 1.70. The highest BCUT2D eigenvalue weighted by molar-refractivity contribution is 5.88. The molecule has 7 nitrogen and oxygen atoms in total. The first kappa shape index (κ1) is 12.9. The van der Waals surface area contributed by atoms with Gasteiger partial charge in [0.1, 0.15) is 24.2 Å². The first-order chi connectivity index (χ1) is 10.2. The van der Waals surface area contributed by atoms with E-state index in [-0.39, 0.29) is 5.56 Å². The molecule has 3 aromatic rings. The summed E-state index contributed by atoms with van der Waals surface area (Å²) in [6, 6.07) is 10.2. The van der Waals surface area contributed by atoms with Gasteiger partial charge in [0.15, 0.2) is 0 Å². The lowest BCUT2D eigenvalue weighted by Gasteiger charge is -2.03. The van der Waals surface area contributed by atoms with Crippen LogP contribution in [0.4, 0.5) is 0 Å². The summed E-state index contributed by atoms with van der Waals surface area (Å²) in [5.74, 6) is 0.494. The van der Waals surface area contributed by atoms with Gasteiger partial charge < -0.3 is 14.9 Å². The van der Waals surface area contributed by atoms with Crippen molar-refractivity contribution in [3.63, 3.8) is 0 Å². The topological polar surface area (TPSA) is 93.2 Å². The molecule has 0 amide bonds. The molecule has 0 unspecified atom stereocenters. The van der Waals surface area contributed by atoms with Crippen molar-refractivity contribution in [3.8, 4) is 11.3 Å². The number of aromatic carboxylic acids is 1. The van der Waals surface area contributed by atoms with E-state index in [9.17, 15) is 4.79 Å². The van der Waals surface area contributed by atoms with Crippen LogP contribution < -0.4 is 5.43 Å². The highest BCUT2D eigenvalue weighted by atomic mass is 16.4. The molecule has 106 valence electrons. The van der Waals surface area contributed by atoms with Crippen LogP contribution in [0.2, 0.25) is 0 Å². The molecule has 3 rings (SSSR count). The molecule has 0 bridgehead atoms. The molecule has 2 aromatic heterocycles. The van der Waals surface area contributed by atoms with Crippen LogP contribution in [-0.4, -0.2) is 25.9 Å². The van der Waals surface area contributed by atoms with Crippen molar-refractivity contribution in [2.75, 3.05) is 5.43 Å². The second-order valence-corrected chi connectivity index (χ2v) is 4.35. The molecule has 0 saturated heterocycles. The number of nitrogens with zero attached hydrogens (tertiary/aromatic N) is 3. The van der Waals surface area contributed by atoms with Gasteiger partial charge in [0.2, 0.25) is 0 Å². The number of aromatic nitrogens is 3. The molecule has 0 aliphatic heterocycles. The van der Waals surface area contributed by atoms with Gasteiger partial charge in [0.05, 0.1) is 12.1 Å². The molecule has 0 radical (unpaired) electrons. The Morgan fingerprint density at radius 3 is 2.52 bits per heavy atom. The van der Waals surface area contributed by atoms with Crippen molar-refractivity contribution in [1.29, 1.82) is 0 Å². The lowest BCUT2D eigenvalue weighted by atomic mass is 10.1. The molecular weight excluding hydrogens is 272 g/mol. The average molecular weight is 284 g/mol. The Bertz CT molecular complexity index is 732.